The Morgan fingerprint density at radius 1 is 1.25 bits per heavy atom. The van der Waals surface area contributed by atoms with Crippen LogP contribution in [0.15, 0.2) is 18.6 Å². The second-order valence-electron chi connectivity index (χ2n) is 7.31. The van der Waals surface area contributed by atoms with Crippen LogP contribution in [0.25, 0.3) is 10.4 Å². The number of carbonyl (C=O) groups excluding carboxylic acids is 1. The summed E-state index contributed by atoms with van der Waals surface area (Å²) in [7, 11) is 2.52. The van der Waals surface area contributed by atoms with Crippen LogP contribution in [0.5, 0.6) is 17.5 Å². The number of nitrogens with one attached hydrogen (secondary N) is 1. The van der Waals surface area contributed by atoms with Crippen molar-refractivity contribution < 1.29 is 36.9 Å². The Morgan fingerprint density at radius 2 is 1.94 bits per heavy atom. The summed E-state index contributed by atoms with van der Waals surface area (Å²) in [6.07, 6.45) is -2.63. The highest BCUT2D eigenvalue weighted by Crippen LogP contribution is 2.43. The molecule has 11 nitrogen and oxygen atoms in total. The van der Waals surface area contributed by atoms with Crippen LogP contribution in [-0.2, 0) is 10.9 Å². The van der Waals surface area contributed by atoms with Crippen molar-refractivity contribution >= 4 is 22.4 Å². The number of amides is 1. The number of carbonyl (C=O) groups is 1. The van der Waals surface area contributed by atoms with Crippen LogP contribution in [0.2, 0.25) is 0 Å². The fraction of sp³-hybridized carbons (Fsp3) is 0.333. The molecule has 0 atom stereocenters. The molecule has 0 aliphatic carbocycles. The number of anilines is 1. The maximum absolute atomic E-state index is 13.9. The van der Waals surface area contributed by atoms with Gasteiger partial charge in [-0.2, -0.15) is 18.4 Å². The Labute approximate surface area is 205 Å². The second-order valence-corrected chi connectivity index (χ2v) is 8.31. The van der Waals surface area contributed by atoms with E-state index in [0.717, 1.165) is 12.5 Å². The molecule has 1 saturated heterocycles. The summed E-state index contributed by atoms with van der Waals surface area (Å²) >= 11 is 0.568. The number of alkyl halides is 3. The third-order valence-corrected chi connectivity index (χ3v) is 5.93. The van der Waals surface area contributed by atoms with E-state index in [2.05, 4.69) is 25.3 Å². The molecule has 1 aliphatic rings. The summed E-state index contributed by atoms with van der Waals surface area (Å²) in [4.78, 5) is 27.7. The van der Waals surface area contributed by atoms with Crippen LogP contribution >= 0.6 is 11.3 Å². The lowest BCUT2D eigenvalue weighted by atomic mass is 10.1. The Hall–Kier alpha value is -4.03. The summed E-state index contributed by atoms with van der Waals surface area (Å²) in [6.45, 7) is 1.21. The summed E-state index contributed by atoms with van der Waals surface area (Å²) in [5, 5.41) is 11.3. The molecule has 3 aromatic rings. The maximum atomic E-state index is 13.9. The van der Waals surface area contributed by atoms with E-state index < -0.39 is 17.8 Å². The van der Waals surface area contributed by atoms with Gasteiger partial charge < -0.3 is 18.9 Å². The van der Waals surface area contributed by atoms with Crippen molar-refractivity contribution in [1.82, 2.24) is 19.9 Å². The van der Waals surface area contributed by atoms with Gasteiger partial charge in [0.15, 0.2) is 27.8 Å². The first kappa shape index (κ1) is 25.1. The Balaban J connectivity index is 1.68. The van der Waals surface area contributed by atoms with E-state index in [0.29, 0.717) is 24.6 Å². The van der Waals surface area contributed by atoms with Gasteiger partial charge in [-0.05, 0) is 6.07 Å². The van der Waals surface area contributed by atoms with Crippen molar-refractivity contribution in [2.24, 2.45) is 5.92 Å². The number of aromatic nitrogens is 4. The Bertz CT molecular complexity index is 1300. The highest BCUT2D eigenvalue weighted by atomic mass is 32.1. The number of hydrogen-bond donors (Lipinski definition) is 1. The number of hydrogen-bond acceptors (Lipinski definition) is 11. The van der Waals surface area contributed by atoms with E-state index in [9.17, 15) is 23.2 Å². The van der Waals surface area contributed by atoms with Gasteiger partial charge in [-0.15, -0.1) is 0 Å². The largest absolute Gasteiger partial charge is 0.490 e. The zero-order chi connectivity index (χ0) is 25.9. The molecule has 0 spiro atoms. The lowest BCUT2D eigenvalue weighted by Gasteiger charge is -2.25. The van der Waals surface area contributed by atoms with Crippen molar-refractivity contribution in [3.8, 4) is 34.0 Å². The van der Waals surface area contributed by atoms with Crippen molar-refractivity contribution in [3.63, 3.8) is 0 Å². The fourth-order valence-corrected chi connectivity index (χ4v) is 4.09. The minimum atomic E-state index is -4.85. The van der Waals surface area contributed by atoms with Crippen LogP contribution in [0.4, 0.5) is 18.3 Å². The van der Waals surface area contributed by atoms with Crippen molar-refractivity contribution in [2.45, 2.75) is 6.18 Å². The molecule has 1 amide bonds. The number of halogens is 3. The summed E-state index contributed by atoms with van der Waals surface area (Å²) in [6, 6.07) is 3.14. The van der Waals surface area contributed by atoms with Gasteiger partial charge in [0.05, 0.1) is 38.9 Å². The molecular formula is C21H17F3N6O5S. The summed E-state index contributed by atoms with van der Waals surface area (Å²) < 4.78 is 62.3. The molecule has 0 radical (unpaired) electrons. The molecule has 36 heavy (non-hydrogen) atoms. The number of nitriles is 1. The molecule has 4 heterocycles. The molecule has 1 aliphatic heterocycles. The zero-order valence-electron chi connectivity index (χ0n) is 18.8. The molecule has 4 rings (SSSR count). The Morgan fingerprint density at radius 3 is 2.50 bits per heavy atom. The van der Waals surface area contributed by atoms with Crippen LogP contribution in [0, 0.1) is 17.2 Å². The van der Waals surface area contributed by atoms with Crippen molar-refractivity contribution in [3.05, 3.63) is 35.5 Å². The van der Waals surface area contributed by atoms with Crippen LogP contribution in [0.3, 0.4) is 0 Å². The van der Waals surface area contributed by atoms with Gasteiger partial charge in [0.1, 0.15) is 12.4 Å². The van der Waals surface area contributed by atoms with Gasteiger partial charge in [-0.3, -0.25) is 10.1 Å². The van der Waals surface area contributed by atoms with Gasteiger partial charge in [-0.1, -0.05) is 11.3 Å². The molecule has 1 fully saturated rings. The predicted molar refractivity (Wildman–Crippen MR) is 118 cm³/mol. The first-order chi connectivity index (χ1) is 17.2. The van der Waals surface area contributed by atoms with Gasteiger partial charge in [-0.25, -0.2) is 19.9 Å². The van der Waals surface area contributed by atoms with Gasteiger partial charge in [0.2, 0.25) is 11.8 Å². The fourth-order valence-electron chi connectivity index (χ4n) is 3.13. The minimum Gasteiger partial charge on any atom is -0.490 e. The Kier molecular flexibility index (Phi) is 7.17. The molecule has 15 heteroatoms. The molecular weight excluding hydrogens is 505 g/mol. The molecule has 3 aromatic heterocycles. The standard InChI is InChI=1S/C21H17F3N6O5S/c1-32-18-14(19(33-2)28-9-27-18)17(31)30-20-29-16(21(22,23)24)15(36-20)11-3-13(12(4-25)26-5-11)35-8-10-6-34-7-10/h3,5,9-10H,6-8H2,1-2H3,(H,29,30,31). The van der Waals surface area contributed by atoms with Crippen LogP contribution < -0.4 is 19.5 Å². The smallest absolute Gasteiger partial charge is 0.434 e. The molecule has 0 aromatic carbocycles. The second kappa shape index (κ2) is 10.3. The molecule has 0 saturated carbocycles. The van der Waals surface area contributed by atoms with Gasteiger partial charge in [0.25, 0.3) is 5.91 Å². The average molecular weight is 522 g/mol. The van der Waals surface area contributed by atoms with Crippen LogP contribution in [-0.4, -0.2) is 59.9 Å². The zero-order valence-corrected chi connectivity index (χ0v) is 19.6. The lowest BCUT2D eigenvalue weighted by Crippen LogP contribution is -2.32. The van der Waals surface area contributed by atoms with Crippen molar-refractivity contribution in [1.29, 1.82) is 5.26 Å². The van der Waals surface area contributed by atoms with E-state index in [1.165, 1.54) is 20.3 Å². The van der Waals surface area contributed by atoms with E-state index >= 15 is 0 Å². The molecule has 0 unspecified atom stereocenters. The topological polar surface area (TPSA) is 141 Å². The highest BCUT2D eigenvalue weighted by molar-refractivity contribution is 7.19. The molecule has 0 bridgehead atoms. The third kappa shape index (κ3) is 5.14. The maximum Gasteiger partial charge on any atom is 0.434 e. The minimum absolute atomic E-state index is 0.0115. The summed E-state index contributed by atoms with van der Waals surface area (Å²) in [5.41, 5.74) is -1.52. The highest BCUT2D eigenvalue weighted by Gasteiger charge is 2.39. The van der Waals surface area contributed by atoms with E-state index in [1.54, 1.807) is 0 Å². The number of ether oxygens (including phenoxy) is 4. The lowest BCUT2D eigenvalue weighted by molar-refractivity contribution is -0.140. The first-order valence-electron chi connectivity index (χ1n) is 10.2. The number of rotatable bonds is 8. The third-order valence-electron chi connectivity index (χ3n) is 4.91. The van der Waals surface area contributed by atoms with E-state index in [1.807, 2.05) is 6.07 Å². The normalized spacial score (nSPS) is 13.4. The molecule has 188 valence electrons. The number of methoxy groups -OCH3 is 2. The average Bonchev–Trinajstić information content (AvgIpc) is 3.26. The number of nitrogens with zero attached hydrogens (tertiary/aromatic N) is 5. The summed E-state index contributed by atoms with van der Waals surface area (Å²) in [5.74, 6) is -1.01. The van der Waals surface area contributed by atoms with Gasteiger partial charge >= 0.3 is 6.18 Å². The van der Waals surface area contributed by atoms with Crippen LogP contribution in [0.1, 0.15) is 21.7 Å². The van der Waals surface area contributed by atoms with Gasteiger partial charge in [0, 0.05) is 17.7 Å². The monoisotopic (exact) mass is 522 g/mol. The first-order valence-corrected chi connectivity index (χ1v) is 11.0. The number of pyridine rings is 1. The molecule has 1 N–H and O–H groups in total. The number of thiazole rings is 1. The SMILES string of the molecule is COc1ncnc(OC)c1C(=O)Nc1nc(C(F)(F)F)c(-c2cnc(C#N)c(OCC3COC3)c2)s1. The van der Waals surface area contributed by atoms with Crippen molar-refractivity contribution in [2.75, 3.05) is 39.4 Å². The van der Waals surface area contributed by atoms with E-state index in [-0.39, 0.29) is 56.9 Å². The predicted octanol–water partition coefficient (Wildman–Crippen LogP) is 3.18. The quantitative estimate of drug-likeness (QED) is 0.469. The van der Waals surface area contributed by atoms with E-state index in [4.69, 9.17) is 18.9 Å².